The summed E-state index contributed by atoms with van der Waals surface area (Å²) in [6.07, 6.45) is 1.44. The van der Waals surface area contributed by atoms with Crippen molar-refractivity contribution in [1.82, 2.24) is 4.90 Å². The topological polar surface area (TPSA) is 40.5 Å². The van der Waals surface area contributed by atoms with Crippen LogP contribution in [-0.4, -0.2) is 30.1 Å². The molecular weight excluding hydrogens is 202 g/mol. The fraction of sp³-hybridized carbons (Fsp3) is 0.462. The Morgan fingerprint density at radius 1 is 1.31 bits per heavy atom. The van der Waals surface area contributed by atoms with E-state index in [1.807, 2.05) is 51.4 Å². The summed E-state index contributed by atoms with van der Waals surface area (Å²) in [5.74, 6) is -0.787. The molecule has 0 amide bonds. The number of carbonyl (C=O) groups is 1. The molecule has 16 heavy (non-hydrogen) atoms. The zero-order valence-electron chi connectivity index (χ0n) is 10.1. The third-order valence-electron chi connectivity index (χ3n) is 2.98. The number of likely N-dealkylation sites (N-methyl/N-ethyl adjacent to an activating group) is 1. The molecule has 1 N–H and O–H groups in total. The third-order valence-corrected chi connectivity index (χ3v) is 2.98. The number of benzene rings is 1. The van der Waals surface area contributed by atoms with E-state index in [4.69, 9.17) is 0 Å². The van der Waals surface area contributed by atoms with Crippen LogP contribution in [0.1, 0.15) is 25.3 Å². The van der Waals surface area contributed by atoms with Crippen molar-refractivity contribution < 1.29 is 9.90 Å². The van der Waals surface area contributed by atoms with Gasteiger partial charge in [-0.2, -0.15) is 0 Å². The van der Waals surface area contributed by atoms with Crippen molar-refractivity contribution in [2.75, 3.05) is 14.1 Å². The minimum atomic E-state index is -0.907. The Morgan fingerprint density at radius 2 is 1.88 bits per heavy atom. The fourth-order valence-corrected chi connectivity index (χ4v) is 2.12. The van der Waals surface area contributed by atoms with Crippen LogP contribution in [0.5, 0.6) is 0 Å². The first-order chi connectivity index (χ1) is 7.55. The summed E-state index contributed by atoms with van der Waals surface area (Å²) in [6.45, 7) is 2.00. The average molecular weight is 221 g/mol. The molecule has 0 saturated heterocycles. The molecule has 0 aliphatic heterocycles. The molecule has 0 heterocycles. The van der Waals surface area contributed by atoms with Crippen LogP contribution in [0.3, 0.4) is 0 Å². The van der Waals surface area contributed by atoms with Gasteiger partial charge in [-0.25, -0.2) is 4.79 Å². The van der Waals surface area contributed by atoms with Crippen molar-refractivity contribution in [3.8, 4) is 0 Å². The molecule has 0 saturated carbocycles. The summed E-state index contributed by atoms with van der Waals surface area (Å²) < 4.78 is 0. The Balaban J connectivity index is 3.27. The molecule has 0 radical (unpaired) electrons. The first kappa shape index (κ1) is 12.7. The molecule has 1 aromatic rings. The van der Waals surface area contributed by atoms with Crippen LogP contribution in [0.25, 0.3) is 0 Å². The molecular formula is C13H19NO2. The fourth-order valence-electron chi connectivity index (χ4n) is 2.12. The van der Waals surface area contributed by atoms with E-state index in [9.17, 15) is 9.90 Å². The monoisotopic (exact) mass is 221 g/mol. The molecule has 1 atom stereocenters. The number of aliphatic carboxylic acids is 1. The maximum Gasteiger partial charge on any atom is 0.328 e. The highest BCUT2D eigenvalue weighted by atomic mass is 16.4. The summed E-state index contributed by atoms with van der Waals surface area (Å²) in [7, 11) is 3.63. The van der Waals surface area contributed by atoms with Gasteiger partial charge in [-0.3, -0.25) is 4.90 Å². The lowest BCUT2D eigenvalue weighted by atomic mass is 9.84. The van der Waals surface area contributed by atoms with Gasteiger partial charge in [0.1, 0.15) is 5.54 Å². The Labute approximate surface area is 96.7 Å². The van der Waals surface area contributed by atoms with Gasteiger partial charge in [-0.1, -0.05) is 43.7 Å². The number of carboxylic acid groups (broad SMARTS) is 1. The Bertz CT molecular complexity index is 348. The Hall–Kier alpha value is -1.35. The first-order valence-electron chi connectivity index (χ1n) is 5.52. The van der Waals surface area contributed by atoms with Crippen molar-refractivity contribution in [2.24, 2.45) is 0 Å². The highest BCUT2D eigenvalue weighted by Crippen LogP contribution is 2.31. The van der Waals surface area contributed by atoms with Crippen molar-refractivity contribution >= 4 is 5.97 Å². The van der Waals surface area contributed by atoms with Crippen molar-refractivity contribution in [3.05, 3.63) is 35.9 Å². The average Bonchev–Trinajstić information content (AvgIpc) is 2.26. The van der Waals surface area contributed by atoms with E-state index in [1.165, 1.54) is 0 Å². The van der Waals surface area contributed by atoms with Crippen molar-refractivity contribution in [3.63, 3.8) is 0 Å². The third kappa shape index (κ3) is 2.09. The van der Waals surface area contributed by atoms with Gasteiger partial charge in [0.15, 0.2) is 0 Å². The largest absolute Gasteiger partial charge is 0.480 e. The molecule has 0 fully saturated rings. The summed E-state index contributed by atoms with van der Waals surface area (Å²) in [4.78, 5) is 13.4. The van der Waals surface area contributed by atoms with Crippen LogP contribution in [0, 0.1) is 0 Å². The molecule has 0 aliphatic carbocycles. The van der Waals surface area contributed by atoms with Crippen LogP contribution in [0.15, 0.2) is 30.3 Å². The van der Waals surface area contributed by atoms with Gasteiger partial charge in [-0.15, -0.1) is 0 Å². The molecule has 1 aromatic carbocycles. The maximum atomic E-state index is 11.6. The molecule has 1 unspecified atom stereocenters. The quantitative estimate of drug-likeness (QED) is 0.829. The summed E-state index contributed by atoms with van der Waals surface area (Å²) in [6, 6.07) is 9.42. The zero-order chi connectivity index (χ0) is 12.2. The van der Waals surface area contributed by atoms with Gasteiger partial charge < -0.3 is 5.11 Å². The Kier molecular flexibility index (Phi) is 4.07. The van der Waals surface area contributed by atoms with Crippen molar-refractivity contribution in [2.45, 2.75) is 25.3 Å². The molecule has 3 heteroatoms. The number of hydrogen-bond acceptors (Lipinski definition) is 2. The highest BCUT2D eigenvalue weighted by molar-refractivity contribution is 5.80. The second-order valence-electron chi connectivity index (χ2n) is 4.18. The van der Waals surface area contributed by atoms with Crippen LogP contribution in [-0.2, 0) is 10.3 Å². The molecule has 0 spiro atoms. The van der Waals surface area contributed by atoms with Gasteiger partial charge >= 0.3 is 5.97 Å². The second-order valence-corrected chi connectivity index (χ2v) is 4.18. The lowest BCUT2D eigenvalue weighted by molar-refractivity contribution is -0.151. The normalized spacial score (nSPS) is 14.8. The molecule has 0 aromatic heterocycles. The molecule has 1 rings (SSSR count). The SMILES string of the molecule is CCCC(C(=O)O)(c1ccccc1)N(C)C. The van der Waals surface area contributed by atoms with Gasteiger partial charge in [0.05, 0.1) is 0 Å². The van der Waals surface area contributed by atoms with Gasteiger partial charge in [0.25, 0.3) is 0 Å². The van der Waals surface area contributed by atoms with Crippen LogP contribution >= 0.6 is 0 Å². The highest BCUT2D eigenvalue weighted by Gasteiger charge is 2.41. The predicted molar refractivity (Wildman–Crippen MR) is 64.4 cm³/mol. The molecule has 0 bridgehead atoms. The maximum absolute atomic E-state index is 11.6. The van der Waals surface area contributed by atoms with Crippen LogP contribution in [0.2, 0.25) is 0 Å². The number of nitrogens with zero attached hydrogens (tertiary/aromatic N) is 1. The van der Waals surface area contributed by atoms with Gasteiger partial charge in [0.2, 0.25) is 0 Å². The first-order valence-corrected chi connectivity index (χ1v) is 5.52. The van der Waals surface area contributed by atoms with E-state index in [0.29, 0.717) is 6.42 Å². The van der Waals surface area contributed by atoms with Crippen molar-refractivity contribution in [1.29, 1.82) is 0 Å². The van der Waals surface area contributed by atoms with Gasteiger partial charge in [-0.05, 0) is 26.1 Å². The van der Waals surface area contributed by atoms with E-state index in [1.54, 1.807) is 4.90 Å². The summed E-state index contributed by atoms with van der Waals surface area (Å²) in [5, 5.41) is 9.54. The zero-order valence-corrected chi connectivity index (χ0v) is 10.1. The predicted octanol–water partition coefficient (Wildman–Crippen LogP) is 2.33. The lowest BCUT2D eigenvalue weighted by Gasteiger charge is -2.36. The summed E-state index contributed by atoms with van der Waals surface area (Å²) >= 11 is 0. The van der Waals surface area contributed by atoms with Crippen LogP contribution in [0.4, 0.5) is 0 Å². The molecule has 88 valence electrons. The standard InChI is InChI=1S/C13H19NO2/c1-4-10-13(12(15)16,14(2)3)11-8-6-5-7-9-11/h5-9H,4,10H2,1-3H3,(H,15,16). The minimum absolute atomic E-state index is 0.610. The number of rotatable bonds is 5. The van der Waals surface area contributed by atoms with E-state index in [-0.39, 0.29) is 0 Å². The number of carboxylic acids is 1. The smallest absolute Gasteiger partial charge is 0.328 e. The minimum Gasteiger partial charge on any atom is -0.480 e. The van der Waals surface area contributed by atoms with E-state index in [0.717, 1.165) is 12.0 Å². The van der Waals surface area contributed by atoms with E-state index >= 15 is 0 Å². The molecule has 0 aliphatic rings. The number of hydrogen-bond donors (Lipinski definition) is 1. The van der Waals surface area contributed by atoms with E-state index in [2.05, 4.69) is 0 Å². The molecule has 3 nitrogen and oxygen atoms in total. The van der Waals surface area contributed by atoms with Crippen LogP contribution < -0.4 is 0 Å². The van der Waals surface area contributed by atoms with E-state index < -0.39 is 11.5 Å². The second kappa shape index (κ2) is 5.12. The summed E-state index contributed by atoms with van der Waals surface area (Å²) in [5.41, 5.74) is -0.0647. The van der Waals surface area contributed by atoms with Gasteiger partial charge in [0, 0.05) is 0 Å². The lowest BCUT2D eigenvalue weighted by Crippen LogP contribution is -2.48. The Morgan fingerprint density at radius 3 is 2.25 bits per heavy atom.